The van der Waals surface area contributed by atoms with Gasteiger partial charge in [-0.05, 0) is 17.9 Å². The molecule has 0 fully saturated rings. The summed E-state index contributed by atoms with van der Waals surface area (Å²) < 4.78 is 0. The van der Waals surface area contributed by atoms with Crippen molar-refractivity contribution in [3.05, 3.63) is 35.9 Å². The van der Waals surface area contributed by atoms with Crippen LogP contribution in [0, 0.1) is 5.92 Å². The van der Waals surface area contributed by atoms with Crippen LogP contribution in [0.3, 0.4) is 0 Å². The number of hydrogen-bond donors (Lipinski definition) is 4. The summed E-state index contributed by atoms with van der Waals surface area (Å²) in [5.74, 6) is -1.56. The van der Waals surface area contributed by atoms with Gasteiger partial charge in [-0.3, -0.25) is 9.59 Å². The molecule has 2 atom stereocenters. The number of carboxylic acids is 2. The molecule has 0 heterocycles. The second-order valence-electron chi connectivity index (χ2n) is 4.80. The van der Waals surface area contributed by atoms with Gasteiger partial charge in [0.25, 0.3) is 0 Å². The first kappa shape index (κ1) is 18.1. The third kappa shape index (κ3) is 7.50. The topological polar surface area (TPSA) is 127 Å². The van der Waals surface area contributed by atoms with E-state index in [0.717, 1.165) is 0 Å². The predicted octanol–water partition coefficient (Wildman–Crippen LogP) is 1.22. The maximum atomic E-state index is 10.4. The van der Waals surface area contributed by atoms with Crippen LogP contribution >= 0.6 is 0 Å². The molecule has 112 valence electrons. The third-order valence-corrected chi connectivity index (χ3v) is 2.47. The van der Waals surface area contributed by atoms with Crippen molar-refractivity contribution in [3.8, 4) is 0 Å². The molecule has 6 nitrogen and oxygen atoms in total. The Hall–Kier alpha value is -1.92. The van der Waals surface area contributed by atoms with Crippen LogP contribution in [0.15, 0.2) is 30.3 Å². The van der Waals surface area contributed by atoms with Crippen molar-refractivity contribution in [1.82, 2.24) is 0 Å². The van der Waals surface area contributed by atoms with Crippen molar-refractivity contribution < 1.29 is 19.8 Å². The van der Waals surface area contributed by atoms with Crippen molar-refractivity contribution in [3.63, 3.8) is 0 Å². The normalized spacial score (nSPS) is 13.1. The van der Waals surface area contributed by atoms with Crippen molar-refractivity contribution in [2.24, 2.45) is 17.4 Å². The lowest BCUT2D eigenvalue weighted by Gasteiger charge is -2.07. The maximum Gasteiger partial charge on any atom is 0.325 e. The highest BCUT2D eigenvalue weighted by molar-refractivity contribution is 5.75. The van der Waals surface area contributed by atoms with E-state index in [1.807, 2.05) is 19.9 Å². The SMILES string of the molecule is CC(C)C[C@H](N)C(=O)O.N[C@H](C(=O)O)c1ccccc1. The Morgan fingerprint density at radius 2 is 1.55 bits per heavy atom. The van der Waals surface area contributed by atoms with Gasteiger partial charge in [-0.15, -0.1) is 0 Å². The number of nitrogens with two attached hydrogens (primary N) is 2. The Balaban J connectivity index is 0.000000370. The molecule has 0 bridgehead atoms. The lowest BCUT2D eigenvalue weighted by molar-refractivity contribution is -0.139. The summed E-state index contributed by atoms with van der Waals surface area (Å²) in [6, 6.07) is 7.13. The molecular formula is C14H22N2O4. The van der Waals surface area contributed by atoms with Gasteiger partial charge in [-0.25, -0.2) is 0 Å². The van der Waals surface area contributed by atoms with Gasteiger partial charge in [0, 0.05) is 0 Å². The van der Waals surface area contributed by atoms with Crippen molar-refractivity contribution in [2.75, 3.05) is 0 Å². The number of aliphatic carboxylic acids is 2. The molecule has 20 heavy (non-hydrogen) atoms. The molecule has 0 radical (unpaired) electrons. The average Bonchev–Trinajstić information content (AvgIpc) is 2.38. The zero-order valence-electron chi connectivity index (χ0n) is 11.7. The number of hydrogen-bond acceptors (Lipinski definition) is 4. The maximum absolute atomic E-state index is 10.4. The molecule has 0 aromatic heterocycles. The molecule has 0 saturated carbocycles. The van der Waals surface area contributed by atoms with Gasteiger partial charge in [-0.1, -0.05) is 44.2 Å². The van der Waals surface area contributed by atoms with Crippen LogP contribution in [-0.4, -0.2) is 28.2 Å². The lowest BCUT2D eigenvalue weighted by Crippen LogP contribution is -2.31. The smallest absolute Gasteiger partial charge is 0.325 e. The first-order valence-corrected chi connectivity index (χ1v) is 6.27. The van der Waals surface area contributed by atoms with Gasteiger partial charge in [0.15, 0.2) is 0 Å². The van der Waals surface area contributed by atoms with E-state index in [0.29, 0.717) is 17.9 Å². The zero-order valence-corrected chi connectivity index (χ0v) is 11.7. The minimum absolute atomic E-state index is 0.357. The minimum atomic E-state index is -1.00. The predicted molar refractivity (Wildman–Crippen MR) is 76.1 cm³/mol. The van der Waals surface area contributed by atoms with Crippen LogP contribution in [0.25, 0.3) is 0 Å². The highest BCUT2D eigenvalue weighted by Crippen LogP contribution is 2.08. The molecule has 0 saturated heterocycles. The van der Waals surface area contributed by atoms with Crippen LogP contribution in [0.4, 0.5) is 0 Å². The van der Waals surface area contributed by atoms with Crippen LogP contribution < -0.4 is 11.5 Å². The van der Waals surface area contributed by atoms with E-state index in [4.69, 9.17) is 21.7 Å². The third-order valence-electron chi connectivity index (χ3n) is 2.47. The summed E-state index contributed by atoms with van der Waals surface area (Å²) >= 11 is 0. The summed E-state index contributed by atoms with van der Waals surface area (Å²) in [7, 11) is 0. The molecule has 0 aliphatic rings. The number of rotatable bonds is 5. The highest BCUT2D eigenvalue weighted by atomic mass is 16.4. The van der Waals surface area contributed by atoms with Crippen molar-refractivity contribution in [2.45, 2.75) is 32.4 Å². The van der Waals surface area contributed by atoms with Crippen molar-refractivity contribution >= 4 is 11.9 Å². The highest BCUT2D eigenvalue weighted by Gasteiger charge is 2.12. The molecular weight excluding hydrogens is 260 g/mol. The van der Waals surface area contributed by atoms with Crippen LogP contribution in [0.1, 0.15) is 31.9 Å². The Morgan fingerprint density at radius 3 is 1.85 bits per heavy atom. The summed E-state index contributed by atoms with van der Waals surface area (Å²) in [4.78, 5) is 20.5. The van der Waals surface area contributed by atoms with E-state index in [1.165, 1.54) is 0 Å². The Morgan fingerprint density at radius 1 is 1.05 bits per heavy atom. The van der Waals surface area contributed by atoms with Gasteiger partial charge in [-0.2, -0.15) is 0 Å². The van der Waals surface area contributed by atoms with Gasteiger partial charge >= 0.3 is 11.9 Å². The number of benzene rings is 1. The second kappa shape index (κ2) is 9.06. The monoisotopic (exact) mass is 282 g/mol. The molecule has 0 unspecified atom stereocenters. The molecule has 1 aromatic carbocycles. The summed E-state index contributed by atoms with van der Waals surface area (Å²) in [5, 5.41) is 16.8. The molecule has 0 spiro atoms. The molecule has 0 aliphatic carbocycles. The molecule has 6 N–H and O–H groups in total. The Labute approximate surface area is 118 Å². The van der Waals surface area contributed by atoms with Gasteiger partial charge in [0.1, 0.15) is 12.1 Å². The Kier molecular flexibility index (Phi) is 8.19. The summed E-state index contributed by atoms with van der Waals surface area (Å²) in [5.41, 5.74) is 11.2. The van der Waals surface area contributed by atoms with Crippen molar-refractivity contribution in [1.29, 1.82) is 0 Å². The minimum Gasteiger partial charge on any atom is -0.480 e. The van der Waals surface area contributed by atoms with Gasteiger partial charge < -0.3 is 21.7 Å². The fraction of sp³-hybridized carbons (Fsp3) is 0.429. The fourth-order valence-corrected chi connectivity index (χ4v) is 1.41. The first-order valence-electron chi connectivity index (χ1n) is 6.27. The quantitative estimate of drug-likeness (QED) is 0.643. The largest absolute Gasteiger partial charge is 0.480 e. The molecule has 1 aromatic rings. The number of carboxylic acid groups (broad SMARTS) is 2. The van der Waals surface area contributed by atoms with E-state index < -0.39 is 24.0 Å². The molecule has 0 aliphatic heterocycles. The fourth-order valence-electron chi connectivity index (χ4n) is 1.41. The van der Waals surface area contributed by atoms with Crippen LogP contribution in [-0.2, 0) is 9.59 Å². The molecule has 6 heteroatoms. The molecule has 1 rings (SSSR count). The standard InChI is InChI=1S/C8H9NO2.C6H13NO2/c9-7(8(10)11)6-4-2-1-3-5-6;1-4(2)3-5(7)6(8)9/h1-5,7H,9H2,(H,10,11);4-5H,3,7H2,1-2H3,(H,8,9)/t7-;5-/m00/s1. The van der Waals surface area contributed by atoms with Gasteiger partial charge in [0.05, 0.1) is 0 Å². The van der Waals surface area contributed by atoms with E-state index in [1.54, 1.807) is 24.3 Å². The summed E-state index contributed by atoms with van der Waals surface area (Å²) in [6.45, 7) is 3.89. The lowest BCUT2D eigenvalue weighted by atomic mass is 10.1. The van der Waals surface area contributed by atoms with Gasteiger partial charge in [0.2, 0.25) is 0 Å². The van der Waals surface area contributed by atoms with Crippen LogP contribution in [0.2, 0.25) is 0 Å². The second-order valence-corrected chi connectivity index (χ2v) is 4.80. The van der Waals surface area contributed by atoms with E-state index in [-0.39, 0.29) is 0 Å². The Bertz CT molecular complexity index is 420. The van der Waals surface area contributed by atoms with E-state index >= 15 is 0 Å². The molecule has 0 amide bonds. The van der Waals surface area contributed by atoms with E-state index in [9.17, 15) is 9.59 Å². The first-order chi connectivity index (χ1) is 9.25. The zero-order chi connectivity index (χ0) is 15.7. The van der Waals surface area contributed by atoms with E-state index in [2.05, 4.69) is 0 Å². The average molecular weight is 282 g/mol. The summed E-state index contributed by atoms with van der Waals surface area (Å²) in [6.07, 6.45) is 0.551. The number of carbonyl (C=O) groups is 2. The van der Waals surface area contributed by atoms with Crippen LogP contribution in [0.5, 0.6) is 0 Å².